The number of hydrogen-bond donors (Lipinski definition) is 1. The molecule has 0 aliphatic carbocycles. The van der Waals surface area contributed by atoms with E-state index in [0.29, 0.717) is 22.8 Å². The molecular formula is C21H24N4O4S. The van der Waals surface area contributed by atoms with E-state index in [1.54, 1.807) is 33.5 Å². The van der Waals surface area contributed by atoms with Gasteiger partial charge in [0.15, 0.2) is 16.7 Å². The highest BCUT2D eigenvalue weighted by molar-refractivity contribution is 7.99. The van der Waals surface area contributed by atoms with Gasteiger partial charge in [0.1, 0.15) is 0 Å². The zero-order chi connectivity index (χ0) is 21.5. The lowest BCUT2D eigenvalue weighted by Crippen LogP contribution is -2.20. The Kier molecular flexibility index (Phi) is 7.18. The molecular weight excluding hydrogens is 404 g/mol. The zero-order valence-electron chi connectivity index (χ0n) is 17.3. The van der Waals surface area contributed by atoms with E-state index in [0.717, 1.165) is 22.7 Å². The fourth-order valence-corrected chi connectivity index (χ4v) is 3.86. The van der Waals surface area contributed by atoms with Crippen LogP contribution < -0.4 is 19.6 Å². The summed E-state index contributed by atoms with van der Waals surface area (Å²) in [6, 6.07) is 11.4. The first-order chi connectivity index (χ1) is 14.6. The summed E-state index contributed by atoms with van der Waals surface area (Å²) >= 11 is 1.38. The number of aryl methyl sites for hydroxylation is 1. The van der Waals surface area contributed by atoms with Gasteiger partial charge in [-0.3, -0.25) is 4.79 Å². The number of ether oxygens (including phenoxy) is 3. The second kappa shape index (κ2) is 10.0. The number of benzene rings is 2. The van der Waals surface area contributed by atoms with Gasteiger partial charge in [-0.2, -0.15) is 5.10 Å². The quantitative estimate of drug-likeness (QED) is 0.320. The number of nitrogens with zero attached hydrogens (tertiary/aromatic N) is 3. The molecule has 0 aliphatic rings. The zero-order valence-corrected chi connectivity index (χ0v) is 18.2. The lowest BCUT2D eigenvalue weighted by atomic mass is 10.2. The van der Waals surface area contributed by atoms with Crippen molar-refractivity contribution in [1.29, 1.82) is 0 Å². The summed E-state index contributed by atoms with van der Waals surface area (Å²) in [6.45, 7) is 2.84. The Morgan fingerprint density at radius 3 is 2.50 bits per heavy atom. The maximum atomic E-state index is 12.2. The summed E-state index contributed by atoms with van der Waals surface area (Å²) in [4.78, 5) is 16.8. The Balaban J connectivity index is 1.63. The van der Waals surface area contributed by atoms with Crippen molar-refractivity contribution in [3.05, 3.63) is 42.0 Å². The maximum absolute atomic E-state index is 12.2. The van der Waals surface area contributed by atoms with Crippen molar-refractivity contribution in [3.63, 3.8) is 0 Å². The van der Waals surface area contributed by atoms with Crippen LogP contribution in [-0.4, -0.2) is 48.8 Å². The minimum Gasteiger partial charge on any atom is -0.493 e. The van der Waals surface area contributed by atoms with Crippen molar-refractivity contribution in [2.45, 2.75) is 18.6 Å². The van der Waals surface area contributed by atoms with Gasteiger partial charge in [0.05, 0.1) is 44.3 Å². The van der Waals surface area contributed by atoms with E-state index in [9.17, 15) is 4.79 Å². The third kappa shape index (κ3) is 4.68. The molecule has 1 amide bonds. The van der Waals surface area contributed by atoms with E-state index in [1.165, 1.54) is 18.0 Å². The van der Waals surface area contributed by atoms with Crippen LogP contribution in [-0.2, 0) is 11.3 Å². The first-order valence-corrected chi connectivity index (χ1v) is 10.3. The van der Waals surface area contributed by atoms with Crippen LogP contribution in [0.15, 0.2) is 46.7 Å². The molecule has 9 heteroatoms. The normalized spacial score (nSPS) is 11.1. The number of hydrazone groups is 1. The van der Waals surface area contributed by atoms with Gasteiger partial charge in [-0.1, -0.05) is 23.9 Å². The summed E-state index contributed by atoms with van der Waals surface area (Å²) in [5.74, 6) is 1.50. The molecule has 30 heavy (non-hydrogen) atoms. The number of para-hydroxylation sites is 2. The Labute approximate surface area is 179 Å². The number of fused-ring (bicyclic) bond motifs is 1. The Bertz CT molecular complexity index is 1040. The molecule has 0 aliphatic heterocycles. The Morgan fingerprint density at radius 1 is 1.17 bits per heavy atom. The van der Waals surface area contributed by atoms with Crippen LogP contribution in [0, 0.1) is 0 Å². The second-order valence-electron chi connectivity index (χ2n) is 6.17. The summed E-state index contributed by atoms with van der Waals surface area (Å²) in [6.07, 6.45) is 1.52. The SMILES string of the molecule is CCn1c(SCC(=O)N/N=C\c2cc(OC)c(OC)c(OC)c2)nc2ccccc21. The number of nitrogens with one attached hydrogen (secondary N) is 1. The number of imidazole rings is 1. The molecule has 8 nitrogen and oxygen atoms in total. The molecule has 0 saturated heterocycles. The van der Waals surface area contributed by atoms with Crippen molar-refractivity contribution in [3.8, 4) is 17.2 Å². The predicted octanol–water partition coefficient (Wildman–Crippen LogP) is 3.32. The second-order valence-corrected chi connectivity index (χ2v) is 7.11. The largest absolute Gasteiger partial charge is 0.493 e. The van der Waals surface area contributed by atoms with Crippen LogP contribution in [0.2, 0.25) is 0 Å². The fraction of sp³-hybridized carbons (Fsp3) is 0.286. The lowest BCUT2D eigenvalue weighted by molar-refractivity contribution is -0.118. The maximum Gasteiger partial charge on any atom is 0.250 e. The van der Waals surface area contributed by atoms with Crippen molar-refractivity contribution >= 4 is 34.9 Å². The van der Waals surface area contributed by atoms with E-state index in [2.05, 4.69) is 27.0 Å². The lowest BCUT2D eigenvalue weighted by Gasteiger charge is -2.12. The smallest absolute Gasteiger partial charge is 0.250 e. The van der Waals surface area contributed by atoms with Crippen LogP contribution in [0.1, 0.15) is 12.5 Å². The monoisotopic (exact) mass is 428 g/mol. The average Bonchev–Trinajstić information content (AvgIpc) is 3.14. The van der Waals surface area contributed by atoms with Crippen molar-refractivity contribution < 1.29 is 19.0 Å². The molecule has 0 saturated carbocycles. The van der Waals surface area contributed by atoms with Gasteiger partial charge in [-0.25, -0.2) is 10.4 Å². The Hall–Kier alpha value is -3.20. The molecule has 0 spiro atoms. The number of methoxy groups -OCH3 is 3. The highest BCUT2D eigenvalue weighted by Gasteiger charge is 2.13. The van der Waals surface area contributed by atoms with Gasteiger partial charge in [-0.05, 0) is 31.2 Å². The number of thioether (sulfide) groups is 1. The molecule has 1 heterocycles. The highest BCUT2D eigenvalue weighted by Crippen LogP contribution is 2.37. The summed E-state index contributed by atoms with van der Waals surface area (Å²) in [7, 11) is 4.63. The molecule has 0 atom stereocenters. The first-order valence-electron chi connectivity index (χ1n) is 9.31. The van der Waals surface area contributed by atoms with Crippen LogP contribution in [0.4, 0.5) is 0 Å². The Morgan fingerprint density at radius 2 is 1.87 bits per heavy atom. The number of carbonyl (C=O) groups excluding carboxylic acids is 1. The third-order valence-electron chi connectivity index (χ3n) is 4.36. The average molecular weight is 429 g/mol. The molecule has 3 rings (SSSR count). The number of aromatic nitrogens is 2. The number of rotatable bonds is 9. The summed E-state index contributed by atoms with van der Waals surface area (Å²) in [5.41, 5.74) is 5.21. The van der Waals surface area contributed by atoms with Crippen molar-refractivity contribution in [2.75, 3.05) is 27.1 Å². The molecule has 1 aromatic heterocycles. The van der Waals surface area contributed by atoms with Crippen molar-refractivity contribution in [2.24, 2.45) is 5.10 Å². The molecule has 0 radical (unpaired) electrons. The summed E-state index contributed by atoms with van der Waals surface area (Å²) < 4.78 is 18.0. The standard InChI is InChI=1S/C21H24N4O4S/c1-5-25-16-9-7-6-8-15(16)23-21(25)30-13-19(26)24-22-12-14-10-17(27-2)20(29-4)18(11-14)28-3/h6-12H,5,13H2,1-4H3,(H,24,26)/b22-12-. The fourth-order valence-electron chi connectivity index (χ4n) is 2.99. The minimum atomic E-state index is -0.224. The van der Waals surface area contributed by atoms with E-state index in [-0.39, 0.29) is 11.7 Å². The number of amides is 1. The third-order valence-corrected chi connectivity index (χ3v) is 5.33. The first kappa shape index (κ1) is 21.5. The molecule has 3 aromatic rings. The molecule has 0 bridgehead atoms. The molecule has 0 unspecified atom stereocenters. The highest BCUT2D eigenvalue weighted by atomic mass is 32.2. The number of hydrogen-bond acceptors (Lipinski definition) is 7. The van der Waals surface area contributed by atoms with E-state index in [4.69, 9.17) is 14.2 Å². The predicted molar refractivity (Wildman–Crippen MR) is 118 cm³/mol. The van der Waals surface area contributed by atoms with Gasteiger partial charge in [0, 0.05) is 12.1 Å². The van der Waals surface area contributed by atoms with Crippen molar-refractivity contribution in [1.82, 2.24) is 15.0 Å². The van der Waals surface area contributed by atoms with Gasteiger partial charge in [0.25, 0.3) is 5.91 Å². The molecule has 2 aromatic carbocycles. The molecule has 0 fully saturated rings. The van der Waals surface area contributed by atoms with Gasteiger partial charge in [0.2, 0.25) is 5.75 Å². The summed E-state index contributed by atoms with van der Waals surface area (Å²) in [5, 5.41) is 4.84. The van der Waals surface area contributed by atoms with E-state index in [1.807, 2.05) is 24.3 Å². The van der Waals surface area contributed by atoms with Gasteiger partial charge in [-0.15, -0.1) is 0 Å². The molecule has 1 N–H and O–H groups in total. The minimum absolute atomic E-state index is 0.204. The topological polar surface area (TPSA) is 87.0 Å². The van der Waals surface area contributed by atoms with Crippen LogP contribution in [0.25, 0.3) is 11.0 Å². The van der Waals surface area contributed by atoms with Gasteiger partial charge < -0.3 is 18.8 Å². The van der Waals surface area contributed by atoms with E-state index >= 15 is 0 Å². The molecule has 158 valence electrons. The number of carbonyl (C=O) groups is 1. The van der Waals surface area contributed by atoms with Crippen LogP contribution >= 0.6 is 11.8 Å². The van der Waals surface area contributed by atoms with E-state index < -0.39 is 0 Å². The van der Waals surface area contributed by atoms with Crippen LogP contribution in [0.5, 0.6) is 17.2 Å². The van der Waals surface area contributed by atoms with Crippen LogP contribution in [0.3, 0.4) is 0 Å². The van der Waals surface area contributed by atoms with Gasteiger partial charge >= 0.3 is 0 Å².